The van der Waals surface area contributed by atoms with Gasteiger partial charge in [0.2, 0.25) is 5.91 Å². The molecule has 1 atom stereocenters. The second kappa shape index (κ2) is 6.95. The highest BCUT2D eigenvalue weighted by atomic mass is 16.4. The van der Waals surface area contributed by atoms with E-state index in [1.54, 1.807) is 0 Å². The number of nitrogens with zero attached hydrogens (tertiary/aromatic N) is 2. The van der Waals surface area contributed by atoms with Crippen molar-refractivity contribution in [1.82, 2.24) is 9.97 Å². The predicted octanol–water partition coefficient (Wildman–Crippen LogP) is 1.34. The smallest absolute Gasteiger partial charge is 0.305 e. The van der Waals surface area contributed by atoms with Crippen LogP contribution in [-0.4, -0.2) is 39.5 Å². The van der Waals surface area contributed by atoms with Crippen molar-refractivity contribution in [2.75, 3.05) is 22.5 Å². The van der Waals surface area contributed by atoms with E-state index in [2.05, 4.69) is 25.9 Å². The summed E-state index contributed by atoms with van der Waals surface area (Å²) in [5.41, 5.74) is 1.49. The summed E-state index contributed by atoms with van der Waals surface area (Å²) >= 11 is 0. The minimum absolute atomic E-state index is 0.0449. The molecule has 0 fully saturated rings. The van der Waals surface area contributed by atoms with Crippen molar-refractivity contribution in [3.8, 4) is 0 Å². The maximum Gasteiger partial charge on any atom is 0.305 e. The van der Waals surface area contributed by atoms with E-state index in [0.717, 1.165) is 5.56 Å². The lowest BCUT2D eigenvalue weighted by Crippen LogP contribution is -2.41. The van der Waals surface area contributed by atoms with Crippen LogP contribution in [0.4, 0.5) is 17.3 Å². The van der Waals surface area contributed by atoms with Crippen molar-refractivity contribution in [1.29, 1.82) is 0 Å². The van der Waals surface area contributed by atoms with Crippen molar-refractivity contribution in [2.45, 2.75) is 18.9 Å². The van der Waals surface area contributed by atoms with Crippen LogP contribution in [0.1, 0.15) is 12.0 Å². The summed E-state index contributed by atoms with van der Waals surface area (Å²) < 4.78 is 0. The number of carbonyl (C=O) groups is 2. The van der Waals surface area contributed by atoms with E-state index >= 15 is 0 Å². The van der Waals surface area contributed by atoms with Crippen LogP contribution in [0, 0.1) is 0 Å². The Morgan fingerprint density at radius 3 is 2.79 bits per heavy atom. The summed E-state index contributed by atoms with van der Waals surface area (Å²) in [7, 11) is 0. The Balaban J connectivity index is 1.73. The van der Waals surface area contributed by atoms with Crippen LogP contribution in [0.25, 0.3) is 0 Å². The number of fused-ring (bicyclic) bond motifs is 1. The van der Waals surface area contributed by atoms with Crippen molar-refractivity contribution < 1.29 is 14.7 Å². The van der Waals surface area contributed by atoms with Gasteiger partial charge in [0.15, 0.2) is 11.6 Å². The number of aliphatic carboxylic acids is 1. The molecule has 0 aliphatic carbocycles. The topological polar surface area (TPSA) is 116 Å². The van der Waals surface area contributed by atoms with Gasteiger partial charge < -0.3 is 21.1 Å². The van der Waals surface area contributed by atoms with Crippen LogP contribution < -0.4 is 16.0 Å². The largest absolute Gasteiger partial charge is 0.481 e. The first-order chi connectivity index (χ1) is 11.6. The summed E-state index contributed by atoms with van der Waals surface area (Å²) in [6.45, 7) is 0.210. The van der Waals surface area contributed by atoms with Crippen LogP contribution in [-0.2, 0) is 16.0 Å². The molecular formula is C16H17N5O3. The molecule has 2 aromatic rings. The summed E-state index contributed by atoms with van der Waals surface area (Å²) in [6.07, 6.45) is 1.86. The summed E-state index contributed by atoms with van der Waals surface area (Å²) in [5, 5.41) is 17.5. The van der Waals surface area contributed by atoms with Gasteiger partial charge in [-0.15, -0.1) is 0 Å². The summed E-state index contributed by atoms with van der Waals surface area (Å²) in [4.78, 5) is 31.2. The maximum absolute atomic E-state index is 12.3. The zero-order valence-corrected chi connectivity index (χ0v) is 12.8. The molecule has 8 heteroatoms. The lowest BCUT2D eigenvalue weighted by Gasteiger charge is -2.27. The molecule has 4 N–H and O–H groups in total. The Morgan fingerprint density at radius 1 is 1.25 bits per heavy atom. The van der Waals surface area contributed by atoms with Gasteiger partial charge in [-0.2, -0.15) is 0 Å². The van der Waals surface area contributed by atoms with E-state index in [0.29, 0.717) is 23.7 Å². The van der Waals surface area contributed by atoms with E-state index in [4.69, 9.17) is 5.11 Å². The Labute approximate surface area is 138 Å². The first kappa shape index (κ1) is 15.7. The fraction of sp³-hybridized carbons (Fsp3) is 0.250. The molecule has 1 aliphatic rings. The average Bonchev–Trinajstić information content (AvgIpc) is 2.57. The molecule has 3 rings (SSSR count). The second-order valence-electron chi connectivity index (χ2n) is 5.39. The van der Waals surface area contributed by atoms with E-state index in [1.165, 1.54) is 6.33 Å². The van der Waals surface area contributed by atoms with Gasteiger partial charge >= 0.3 is 5.97 Å². The lowest BCUT2D eigenvalue weighted by atomic mass is 10.0. The number of rotatable bonds is 6. The number of carbonyl (C=O) groups excluding carboxylic acids is 1. The number of benzene rings is 1. The van der Waals surface area contributed by atoms with E-state index in [9.17, 15) is 9.59 Å². The summed E-state index contributed by atoms with van der Waals surface area (Å²) in [5.74, 6) is -0.165. The van der Waals surface area contributed by atoms with E-state index in [1.807, 2.05) is 30.3 Å². The fourth-order valence-electron chi connectivity index (χ4n) is 2.47. The molecule has 0 saturated carbocycles. The van der Waals surface area contributed by atoms with Gasteiger partial charge in [-0.1, -0.05) is 30.3 Å². The molecule has 0 saturated heterocycles. The summed E-state index contributed by atoms with van der Waals surface area (Å²) in [6, 6.07) is 9.27. The number of hydrogen-bond donors (Lipinski definition) is 4. The van der Waals surface area contributed by atoms with Gasteiger partial charge in [0.1, 0.15) is 18.1 Å². The van der Waals surface area contributed by atoms with Gasteiger partial charge in [-0.3, -0.25) is 9.59 Å². The van der Waals surface area contributed by atoms with Crippen molar-refractivity contribution in [2.24, 2.45) is 0 Å². The highest BCUT2D eigenvalue weighted by molar-refractivity contribution is 6.05. The minimum Gasteiger partial charge on any atom is -0.481 e. The van der Waals surface area contributed by atoms with Crippen molar-refractivity contribution in [3.63, 3.8) is 0 Å². The molecule has 2 heterocycles. The van der Waals surface area contributed by atoms with E-state index in [-0.39, 0.29) is 18.9 Å². The second-order valence-corrected chi connectivity index (χ2v) is 5.39. The number of carboxylic acid groups (broad SMARTS) is 1. The van der Waals surface area contributed by atoms with Crippen LogP contribution in [0.3, 0.4) is 0 Å². The molecule has 1 unspecified atom stereocenters. The Kier molecular flexibility index (Phi) is 4.55. The molecule has 1 aromatic carbocycles. The zero-order chi connectivity index (χ0) is 16.9. The fourth-order valence-corrected chi connectivity index (χ4v) is 2.47. The third-order valence-electron chi connectivity index (χ3n) is 3.64. The lowest BCUT2D eigenvalue weighted by molar-refractivity contribution is -0.136. The van der Waals surface area contributed by atoms with Crippen molar-refractivity contribution >= 4 is 29.2 Å². The van der Waals surface area contributed by atoms with Gasteiger partial charge in [0.05, 0.1) is 6.42 Å². The molecule has 24 heavy (non-hydrogen) atoms. The number of aromatic nitrogens is 2. The van der Waals surface area contributed by atoms with Gasteiger partial charge in [0.25, 0.3) is 0 Å². The number of carboxylic acids is 1. The third-order valence-corrected chi connectivity index (χ3v) is 3.64. The Hall–Kier alpha value is -3.16. The quantitative estimate of drug-likeness (QED) is 0.632. The number of nitrogens with one attached hydrogen (secondary N) is 3. The molecule has 0 spiro atoms. The molecule has 0 bridgehead atoms. The van der Waals surface area contributed by atoms with Gasteiger partial charge in [-0.25, -0.2) is 9.97 Å². The van der Waals surface area contributed by atoms with Crippen LogP contribution in [0.5, 0.6) is 0 Å². The average molecular weight is 327 g/mol. The minimum atomic E-state index is -0.907. The normalized spacial score (nSPS) is 15.8. The standard InChI is InChI=1S/C16H17N5O3/c22-12(23)6-7-17-14-13-15(19-9-18-14)20-11(16(24)21-13)8-10-4-2-1-3-5-10/h1-5,9,11H,6-8H2,(H,21,24)(H,22,23)(H2,17,18,19,20). The number of amides is 1. The monoisotopic (exact) mass is 327 g/mol. The Bertz CT molecular complexity index is 751. The molecule has 1 aliphatic heterocycles. The van der Waals surface area contributed by atoms with Gasteiger partial charge in [-0.05, 0) is 5.56 Å². The third kappa shape index (κ3) is 3.60. The van der Waals surface area contributed by atoms with Crippen LogP contribution in [0.15, 0.2) is 36.7 Å². The molecular weight excluding hydrogens is 310 g/mol. The number of anilines is 3. The molecule has 8 nitrogen and oxygen atoms in total. The van der Waals surface area contributed by atoms with E-state index < -0.39 is 12.0 Å². The molecule has 0 radical (unpaired) electrons. The maximum atomic E-state index is 12.3. The highest BCUT2D eigenvalue weighted by Crippen LogP contribution is 2.30. The number of hydrogen-bond acceptors (Lipinski definition) is 6. The first-order valence-electron chi connectivity index (χ1n) is 7.55. The highest BCUT2D eigenvalue weighted by Gasteiger charge is 2.28. The van der Waals surface area contributed by atoms with Crippen LogP contribution >= 0.6 is 0 Å². The Morgan fingerprint density at radius 2 is 2.04 bits per heavy atom. The molecule has 124 valence electrons. The first-order valence-corrected chi connectivity index (χ1v) is 7.55. The van der Waals surface area contributed by atoms with Gasteiger partial charge in [0, 0.05) is 13.0 Å². The zero-order valence-electron chi connectivity index (χ0n) is 12.8. The van der Waals surface area contributed by atoms with Crippen LogP contribution in [0.2, 0.25) is 0 Å². The SMILES string of the molecule is O=C(O)CCNc1ncnc2c1NC(=O)C(Cc1ccccc1)N2. The molecule has 1 aromatic heterocycles. The van der Waals surface area contributed by atoms with Crippen molar-refractivity contribution in [3.05, 3.63) is 42.2 Å². The molecule has 1 amide bonds. The predicted molar refractivity (Wildman–Crippen MR) is 89.0 cm³/mol.